The first-order chi connectivity index (χ1) is 18.4. The second kappa shape index (κ2) is 10.9. The number of rotatable bonds is 7. The number of hydrogen-bond acceptors (Lipinski definition) is 10. The van der Waals surface area contributed by atoms with Gasteiger partial charge in [0.2, 0.25) is 0 Å². The molecule has 1 fully saturated rings. The van der Waals surface area contributed by atoms with Gasteiger partial charge in [-0.3, -0.25) is 9.36 Å². The Hall–Kier alpha value is -3.83. The number of thiazole rings is 1. The number of carbonyl (C=O) groups excluding carboxylic acids is 1. The van der Waals surface area contributed by atoms with Crippen LogP contribution in [0.4, 0.5) is 5.88 Å². The molecule has 38 heavy (non-hydrogen) atoms. The van der Waals surface area contributed by atoms with E-state index in [-0.39, 0.29) is 12.2 Å². The Bertz CT molecular complexity index is 1560. The quantitative estimate of drug-likeness (QED) is 0.421. The van der Waals surface area contributed by atoms with Gasteiger partial charge < -0.3 is 28.3 Å². The number of fused-ring (bicyclic) bond motifs is 1. The van der Waals surface area contributed by atoms with E-state index in [9.17, 15) is 9.59 Å². The number of allylic oxidation sites excluding steroid dienone is 1. The lowest BCUT2D eigenvalue weighted by atomic mass is 9.95. The maximum absolute atomic E-state index is 13.8. The van der Waals surface area contributed by atoms with Gasteiger partial charge >= 0.3 is 5.97 Å². The fraction of sp³-hybridized carbons (Fsp3) is 0.370. The van der Waals surface area contributed by atoms with Crippen LogP contribution in [0.25, 0.3) is 6.08 Å². The van der Waals surface area contributed by atoms with E-state index in [1.165, 1.54) is 23.0 Å². The molecule has 3 aromatic rings. The lowest BCUT2D eigenvalue weighted by molar-refractivity contribution is -0.139. The molecule has 0 spiro atoms. The molecule has 200 valence electrons. The van der Waals surface area contributed by atoms with Crippen molar-refractivity contribution >= 4 is 29.3 Å². The van der Waals surface area contributed by atoms with Gasteiger partial charge in [-0.25, -0.2) is 9.79 Å². The highest BCUT2D eigenvalue weighted by molar-refractivity contribution is 7.07. The molecule has 0 aliphatic carbocycles. The Morgan fingerprint density at radius 1 is 1.16 bits per heavy atom. The second-order valence-corrected chi connectivity index (χ2v) is 9.70. The second-order valence-electron chi connectivity index (χ2n) is 8.69. The first-order valence-electron chi connectivity index (χ1n) is 12.3. The average molecular weight is 540 g/mol. The van der Waals surface area contributed by atoms with Crippen molar-refractivity contribution in [3.63, 3.8) is 0 Å². The van der Waals surface area contributed by atoms with Crippen molar-refractivity contribution in [2.45, 2.75) is 19.9 Å². The van der Waals surface area contributed by atoms with E-state index in [2.05, 4.69) is 9.89 Å². The van der Waals surface area contributed by atoms with Crippen LogP contribution in [0, 0.1) is 0 Å². The molecule has 1 aromatic carbocycles. The van der Waals surface area contributed by atoms with Crippen molar-refractivity contribution in [2.24, 2.45) is 4.99 Å². The largest absolute Gasteiger partial charge is 0.493 e. The average Bonchev–Trinajstić information content (AvgIpc) is 3.52. The van der Waals surface area contributed by atoms with E-state index in [1.807, 2.05) is 18.2 Å². The smallest absolute Gasteiger partial charge is 0.338 e. The zero-order valence-electron chi connectivity index (χ0n) is 21.7. The van der Waals surface area contributed by atoms with Crippen molar-refractivity contribution < 1.29 is 28.2 Å². The molecule has 2 aliphatic rings. The molecule has 5 rings (SSSR count). The number of methoxy groups -OCH3 is 2. The van der Waals surface area contributed by atoms with Crippen LogP contribution < -0.4 is 29.3 Å². The molecule has 0 amide bonds. The monoisotopic (exact) mass is 539 g/mol. The molecule has 2 aromatic heterocycles. The van der Waals surface area contributed by atoms with Gasteiger partial charge in [-0.1, -0.05) is 17.4 Å². The van der Waals surface area contributed by atoms with Crippen LogP contribution in [0.2, 0.25) is 0 Å². The van der Waals surface area contributed by atoms with Crippen molar-refractivity contribution in [1.82, 2.24) is 4.57 Å². The number of aromatic nitrogens is 1. The first-order valence-corrected chi connectivity index (χ1v) is 13.1. The van der Waals surface area contributed by atoms with Gasteiger partial charge in [0.25, 0.3) is 5.56 Å². The summed E-state index contributed by atoms with van der Waals surface area (Å²) in [5.74, 6) is 1.79. The Balaban J connectivity index is 1.63. The minimum atomic E-state index is -0.757. The number of nitrogens with zero attached hydrogens (tertiary/aromatic N) is 3. The third-order valence-corrected chi connectivity index (χ3v) is 7.43. The number of esters is 1. The fourth-order valence-electron chi connectivity index (χ4n) is 4.63. The SMILES string of the molecule is CCOC(=O)C1=C(C)N=c2sc(=Cc3ccc(N4CCOCC4)o3)c(=O)n2C1c1ccc(OC)c(OC)c1. The van der Waals surface area contributed by atoms with Gasteiger partial charge in [0.05, 0.1) is 55.9 Å². The normalized spacial score (nSPS) is 17.7. The Labute approximate surface area is 223 Å². The van der Waals surface area contributed by atoms with Crippen molar-refractivity contribution in [1.29, 1.82) is 0 Å². The maximum Gasteiger partial charge on any atom is 0.338 e. The predicted molar refractivity (Wildman–Crippen MR) is 142 cm³/mol. The summed E-state index contributed by atoms with van der Waals surface area (Å²) in [5, 5.41) is 0. The third-order valence-electron chi connectivity index (χ3n) is 6.45. The van der Waals surface area contributed by atoms with Crippen molar-refractivity contribution in [3.05, 3.63) is 72.6 Å². The van der Waals surface area contributed by atoms with E-state index >= 15 is 0 Å². The molecular formula is C27H29N3O7S. The number of morpholine rings is 1. The van der Waals surface area contributed by atoms with Gasteiger partial charge in [-0.15, -0.1) is 0 Å². The fourth-order valence-corrected chi connectivity index (χ4v) is 5.66. The van der Waals surface area contributed by atoms with Gasteiger partial charge in [-0.05, 0) is 37.6 Å². The number of furan rings is 1. The topological polar surface area (TPSA) is 105 Å². The van der Waals surface area contributed by atoms with E-state index in [1.54, 1.807) is 39.2 Å². The molecule has 0 N–H and O–H groups in total. The highest BCUT2D eigenvalue weighted by Gasteiger charge is 2.34. The van der Waals surface area contributed by atoms with Crippen LogP contribution in [0.1, 0.15) is 31.2 Å². The molecule has 2 aliphatic heterocycles. The van der Waals surface area contributed by atoms with Crippen LogP contribution in [-0.4, -0.2) is 57.7 Å². The molecule has 0 saturated carbocycles. The van der Waals surface area contributed by atoms with Gasteiger partial charge in [0.1, 0.15) is 5.76 Å². The van der Waals surface area contributed by atoms with Crippen LogP contribution >= 0.6 is 11.3 Å². The minimum absolute atomic E-state index is 0.197. The number of ether oxygens (including phenoxy) is 4. The van der Waals surface area contributed by atoms with E-state index in [0.717, 1.165) is 19.0 Å². The summed E-state index contributed by atoms with van der Waals surface area (Å²) in [4.78, 5) is 34.1. The highest BCUT2D eigenvalue weighted by Crippen LogP contribution is 2.36. The van der Waals surface area contributed by atoms with E-state index in [0.29, 0.717) is 56.6 Å². The lowest BCUT2D eigenvalue weighted by Crippen LogP contribution is -2.39. The number of benzene rings is 1. The maximum atomic E-state index is 13.8. The van der Waals surface area contributed by atoms with Crippen LogP contribution in [0.3, 0.4) is 0 Å². The lowest BCUT2D eigenvalue weighted by Gasteiger charge is -2.26. The van der Waals surface area contributed by atoms with Crippen molar-refractivity contribution in [3.8, 4) is 11.5 Å². The Morgan fingerprint density at radius 2 is 1.92 bits per heavy atom. The first kappa shape index (κ1) is 25.8. The van der Waals surface area contributed by atoms with Gasteiger partial charge in [-0.2, -0.15) is 0 Å². The predicted octanol–water partition coefficient (Wildman–Crippen LogP) is 2.25. The summed E-state index contributed by atoms with van der Waals surface area (Å²) in [6.45, 7) is 6.47. The van der Waals surface area contributed by atoms with Crippen LogP contribution in [0.5, 0.6) is 11.5 Å². The third kappa shape index (κ3) is 4.74. The van der Waals surface area contributed by atoms with Gasteiger partial charge in [0, 0.05) is 25.2 Å². The van der Waals surface area contributed by atoms with Gasteiger partial charge in [0.15, 0.2) is 22.2 Å². The molecule has 1 saturated heterocycles. The molecular weight excluding hydrogens is 510 g/mol. The van der Waals surface area contributed by atoms with Crippen molar-refractivity contribution in [2.75, 3.05) is 52.0 Å². The molecule has 10 nitrogen and oxygen atoms in total. The van der Waals surface area contributed by atoms with Crippen LogP contribution in [-0.2, 0) is 14.3 Å². The Kier molecular flexibility index (Phi) is 7.39. The minimum Gasteiger partial charge on any atom is -0.493 e. The summed E-state index contributed by atoms with van der Waals surface area (Å²) in [6.07, 6.45) is 1.71. The summed E-state index contributed by atoms with van der Waals surface area (Å²) < 4.78 is 29.6. The molecule has 1 atom stereocenters. The summed E-state index contributed by atoms with van der Waals surface area (Å²) in [7, 11) is 3.09. The Morgan fingerprint density at radius 3 is 2.63 bits per heavy atom. The number of carbonyl (C=O) groups is 1. The highest BCUT2D eigenvalue weighted by atomic mass is 32.1. The molecule has 0 radical (unpaired) electrons. The standard InChI is InChI=1S/C27H29N3O7S/c1-5-36-26(32)23-16(2)28-27-30(24(23)17-6-8-19(33-3)20(14-17)34-4)25(31)21(38-27)15-18-7-9-22(37-18)29-10-12-35-13-11-29/h6-9,14-15,24H,5,10-13H2,1-4H3. The van der Waals surface area contributed by atoms with E-state index in [4.69, 9.17) is 23.4 Å². The zero-order valence-corrected chi connectivity index (χ0v) is 22.5. The summed E-state index contributed by atoms with van der Waals surface area (Å²) in [6, 6.07) is 8.29. The number of anilines is 1. The van der Waals surface area contributed by atoms with E-state index < -0.39 is 12.0 Å². The summed E-state index contributed by atoms with van der Waals surface area (Å²) in [5.41, 5.74) is 1.17. The number of hydrogen-bond donors (Lipinski definition) is 0. The molecule has 1 unspecified atom stereocenters. The molecule has 4 heterocycles. The van der Waals surface area contributed by atoms with Crippen LogP contribution in [0.15, 0.2) is 55.8 Å². The zero-order chi connectivity index (χ0) is 26.8. The molecule has 11 heteroatoms. The summed E-state index contributed by atoms with van der Waals surface area (Å²) >= 11 is 1.24. The molecule has 0 bridgehead atoms.